The Balaban J connectivity index is 1.32. The van der Waals surface area contributed by atoms with Gasteiger partial charge in [-0.15, -0.1) is 0 Å². The molecule has 0 unspecified atom stereocenters. The third-order valence-electron chi connectivity index (χ3n) is 4.44. The first-order chi connectivity index (χ1) is 13.7. The summed E-state index contributed by atoms with van der Waals surface area (Å²) >= 11 is 0. The van der Waals surface area contributed by atoms with E-state index in [-0.39, 0.29) is 12.8 Å². The van der Waals surface area contributed by atoms with Gasteiger partial charge in [0.05, 0.1) is 12.8 Å². The van der Waals surface area contributed by atoms with Gasteiger partial charge in [0.25, 0.3) is 0 Å². The van der Waals surface area contributed by atoms with Gasteiger partial charge in [0.1, 0.15) is 11.5 Å². The second-order valence-corrected chi connectivity index (χ2v) is 6.47. The summed E-state index contributed by atoms with van der Waals surface area (Å²) in [6.07, 6.45) is -0.0848. The molecule has 4 aromatic rings. The van der Waals surface area contributed by atoms with Gasteiger partial charge in [-0.2, -0.15) is 0 Å². The van der Waals surface area contributed by atoms with Crippen molar-refractivity contribution in [1.82, 2.24) is 0 Å². The summed E-state index contributed by atoms with van der Waals surface area (Å²) in [4.78, 5) is 24.1. The summed E-state index contributed by atoms with van der Waals surface area (Å²) in [6.45, 7) is 0. The van der Waals surface area contributed by atoms with Crippen LogP contribution in [0.1, 0.15) is 12.8 Å². The fourth-order valence-corrected chi connectivity index (χ4v) is 3.03. The molecule has 28 heavy (non-hydrogen) atoms. The lowest BCUT2D eigenvalue weighted by Gasteiger charge is -2.07. The first-order valence-corrected chi connectivity index (χ1v) is 9.06. The Hall–Kier alpha value is -3.66. The van der Waals surface area contributed by atoms with Crippen LogP contribution >= 0.6 is 0 Å². The molecule has 0 radical (unpaired) electrons. The van der Waals surface area contributed by atoms with Crippen LogP contribution in [0, 0.1) is 0 Å². The third kappa shape index (κ3) is 4.18. The average molecular weight is 370 g/mol. The number of fused-ring (bicyclic) bond motifs is 2. The molecule has 4 nitrogen and oxygen atoms in total. The maximum Gasteiger partial charge on any atom is 0.311 e. The number of hydrogen-bond donors (Lipinski definition) is 0. The average Bonchev–Trinajstić information content (AvgIpc) is 2.72. The summed E-state index contributed by atoms with van der Waals surface area (Å²) in [5.41, 5.74) is 0. The fourth-order valence-electron chi connectivity index (χ4n) is 3.03. The van der Waals surface area contributed by atoms with Crippen molar-refractivity contribution in [3.63, 3.8) is 0 Å². The van der Waals surface area contributed by atoms with Crippen LogP contribution in [0.25, 0.3) is 21.5 Å². The largest absolute Gasteiger partial charge is 0.426 e. The molecular formula is C24H18O4. The van der Waals surface area contributed by atoms with Crippen molar-refractivity contribution in [3.05, 3.63) is 84.9 Å². The molecule has 4 aromatic carbocycles. The molecule has 0 N–H and O–H groups in total. The van der Waals surface area contributed by atoms with Gasteiger partial charge in [0.2, 0.25) is 0 Å². The molecular weight excluding hydrogens is 352 g/mol. The van der Waals surface area contributed by atoms with Gasteiger partial charge in [-0.3, -0.25) is 9.59 Å². The standard InChI is InChI=1S/C24H18O4/c25-23(27-21-11-9-17-5-1-3-7-19(17)15-21)13-14-24(26)28-22-12-10-18-6-2-4-8-20(18)16-22/h1-12,15-16H,13-14H2. The number of hydrogen-bond acceptors (Lipinski definition) is 4. The molecule has 0 saturated heterocycles. The van der Waals surface area contributed by atoms with Crippen LogP contribution in [-0.2, 0) is 9.59 Å². The highest BCUT2D eigenvalue weighted by Gasteiger charge is 2.11. The maximum absolute atomic E-state index is 12.1. The summed E-state index contributed by atoms with van der Waals surface area (Å²) in [6, 6.07) is 26.5. The monoisotopic (exact) mass is 370 g/mol. The van der Waals surface area contributed by atoms with Gasteiger partial charge in [0, 0.05) is 0 Å². The van der Waals surface area contributed by atoms with Crippen LogP contribution in [0.3, 0.4) is 0 Å². The van der Waals surface area contributed by atoms with E-state index in [2.05, 4.69) is 0 Å². The SMILES string of the molecule is O=C(CCC(=O)Oc1ccc2ccccc2c1)Oc1ccc2ccccc2c1. The molecule has 0 heterocycles. The van der Waals surface area contributed by atoms with Crippen molar-refractivity contribution in [3.8, 4) is 11.5 Å². The second-order valence-electron chi connectivity index (χ2n) is 6.47. The molecule has 0 atom stereocenters. The Morgan fingerprint density at radius 1 is 0.536 bits per heavy atom. The lowest BCUT2D eigenvalue weighted by molar-refractivity contribution is -0.140. The van der Waals surface area contributed by atoms with Crippen molar-refractivity contribution < 1.29 is 19.1 Å². The lowest BCUT2D eigenvalue weighted by Crippen LogP contribution is -2.14. The molecule has 0 aromatic heterocycles. The van der Waals surface area contributed by atoms with E-state index in [4.69, 9.17) is 9.47 Å². The van der Waals surface area contributed by atoms with Crippen LogP contribution in [0.15, 0.2) is 84.9 Å². The summed E-state index contributed by atoms with van der Waals surface area (Å²) in [5, 5.41) is 4.12. The minimum atomic E-state index is -0.467. The van der Waals surface area contributed by atoms with Crippen LogP contribution in [0.5, 0.6) is 11.5 Å². The van der Waals surface area contributed by atoms with Crippen LogP contribution in [0.2, 0.25) is 0 Å². The predicted molar refractivity (Wildman–Crippen MR) is 108 cm³/mol. The van der Waals surface area contributed by atoms with E-state index in [9.17, 15) is 9.59 Å². The van der Waals surface area contributed by atoms with Crippen LogP contribution < -0.4 is 9.47 Å². The summed E-state index contributed by atoms with van der Waals surface area (Å²) in [5.74, 6) is -0.00493. The Labute approximate surface area is 162 Å². The smallest absolute Gasteiger partial charge is 0.311 e. The van der Waals surface area contributed by atoms with Gasteiger partial charge in [-0.25, -0.2) is 0 Å². The number of rotatable bonds is 5. The van der Waals surface area contributed by atoms with Crippen molar-refractivity contribution in [2.45, 2.75) is 12.8 Å². The van der Waals surface area contributed by atoms with Crippen LogP contribution in [0.4, 0.5) is 0 Å². The van der Waals surface area contributed by atoms with Crippen LogP contribution in [-0.4, -0.2) is 11.9 Å². The summed E-state index contributed by atoms with van der Waals surface area (Å²) < 4.78 is 10.7. The zero-order chi connectivity index (χ0) is 19.3. The quantitative estimate of drug-likeness (QED) is 0.354. The molecule has 0 bridgehead atoms. The lowest BCUT2D eigenvalue weighted by atomic mass is 10.1. The third-order valence-corrected chi connectivity index (χ3v) is 4.44. The molecule has 0 aliphatic carbocycles. The normalized spacial score (nSPS) is 10.7. The number of benzene rings is 4. The first-order valence-electron chi connectivity index (χ1n) is 9.06. The molecule has 0 amide bonds. The van der Waals surface area contributed by atoms with Gasteiger partial charge < -0.3 is 9.47 Å². The maximum atomic E-state index is 12.1. The molecule has 0 spiro atoms. The zero-order valence-corrected chi connectivity index (χ0v) is 15.1. The molecule has 0 aliphatic heterocycles. The first kappa shape index (κ1) is 17.7. The minimum Gasteiger partial charge on any atom is -0.426 e. The van der Waals surface area contributed by atoms with Gasteiger partial charge >= 0.3 is 11.9 Å². The van der Waals surface area contributed by atoms with Crippen molar-refractivity contribution in [2.24, 2.45) is 0 Å². The highest BCUT2D eigenvalue weighted by atomic mass is 16.5. The van der Waals surface area contributed by atoms with E-state index >= 15 is 0 Å². The molecule has 4 heteroatoms. The zero-order valence-electron chi connectivity index (χ0n) is 15.1. The highest BCUT2D eigenvalue weighted by Crippen LogP contribution is 2.22. The van der Waals surface area contributed by atoms with Gasteiger partial charge in [0.15, 0.2) is 0 Å². The van der Waals surface area contributed by atoms with Gasteiger partial charge in [-0.05, 0) is 45.8 Å². The Kier molecular flexibility index (Phi) is 5.02. The highest BCUT2D eigenvalue weighted by molar-refractivity contribution is 5.86. The molecule has 0 saturated carbocycles. The van der Waals surface area contributed by atoms with E-state index in [0.717, 1.165) is 21.5 Å². The minimum absolute atomic E-state index is 0.0424. The van der Waals surface area contributed by atoms with Crippen molar-refractivity contribution in [2.75, 3.05) is 0 Å². The number of carbonyl (C=O) groups is 2. The van der Waals surface area contributed by atoms with Crippen molar-refractivity contribution in [1.29, 1.82) is 0 Å². The second kappa shape index (κ2) is 7.92. The Morgan fingerprint density at radius 2 is 0.929 bits per heavy atom. The van der Waals surface area contributed by atoms with E-state index in [1.54, 1.807) is 24.3 Å². The fraction of sp³-hybridized carbons (Fsp3) is 0.0833. The molecule has 4 rings (SSSR count). The number of esters is 2. The Morgan fingerprint density at radius 3 is 1.36 bits per heavy atom. The van der Waals surface area contributed by atoms with Gasteiger partial charge in [-0.1, -0.05) is 60.7 Å². The predicted octanol–water partition coefficient (Wildman–Crippen LogP) is 5.28. The molecule has 138 valence electrons. The molecule has 0 fully saturated rings. The van der Waals surface area contributed by atoms with E-state index in [0.29, 0.717) is 11.5 Å². The molecule has 0 aliphatic rings. The van der Waals surface area contributed by atoms with Crippen molar-refractivity contribution >= 4 is 33.5 Å². The van der Waals surface area contributed by atoms with E-state index in [1.165, 1.54) is 0 Å². The van der Waals surface area contributed by atoms with E-state index < -0.39 is 11.9 Å². The topological polar surface area (TPSA) is 52.6 Å². The Bertz CT molecular complexity index is 1070. The number of ether oxygens (including phenoxy) is 2. The number of carbonyl (C=O) groups excluding carboxylic acids is 2. The summed E-state index contributed by atoms with van der Waals surface area (Å²) in [7, 11) is 0. The van der Waals surface area contributed by atoms with E-state index in [1.807, 2.05) is 60.7 Å².